The summed E-state index contributed by atoms with van der Waals surface area (Å²) in [5.74, 6) is 0.696. The second-order valence-corrected chi connectivity index (χ2v) is 6.95. The zero-order valence-electron chi connectivity index (χ0n) is 12.4. The molecule has 3 unspecified atom stereocenters. The van der Waals surface area contributed by atoms with Crippen LogP contribution in [0.2, 0.25) is 0 Å². The lowest BCUT2D eigenvalue weighted by molar-refractivity contribution is 0.613. The number of benzene rings is 2. The van der Waals surface area contributed by atoms with Gasteiger partial charge in [-0.3, -0.25) is 4.21 Å². The predicted octanol–water partition coefficient (Wildman–Crippen LogP) is 3.46. The van der Waals surface area contributed by atoms with E-state index in [4.69, 9.17) is 5.73 Å². The molecule has 0 fully saturated rings. The van der Waals surface area contributed by atoms with E-state index in [0.29, 0.717) is 5.75 Å². The Morgan fingerprint density at radius 2 is 1.57 bits per heavy atom. The van der Waals surface area contributed by atoms with Gasteiger partial charge in [0.15, 0.2) is 0 Å². The average molecular weight is 301 g/mol. The van der Waals surface area contributed by atoms with Crippen molar-refractivity contribution >= 4 is 10.8 Å². The molecule has 3 heteroatoms. The van der Waals surface area contributed by atoms with Crippen LogP contribution in [0.4, 0.5) is 0 Å². The van der Waals surface area contributed by atoms with E-state index >= 15 is 0 Å². The third-order valence-corrected chi connectivity index (χ3v) is 5.52. The SMILES string of the molecule is CCCS(=O)C(c1ccccc1)C(N)Cc1ccccc1. The van der Waals surface area contributed by atoms with Gasteiger partial charge in [0.2, 0.25) is 0 Å². The lowest BCUT2D eigenvalue weighted by Crippen LogP contribution is -2.34. The molecule has 0 radical (unpaired) electrons. The first-order chi connectivity index (χ1) is 10.2. The molecule has 2 nitrogen and oxygen atoms in total. The van der Waals surface area contributed by atoms with Crippen LogP contribution in [0.15, 0.2) is 60.7 Å². The van der Waals surface area contributed by atoms with Gasteiger partial charge in [-0.2, -0.15) is 0 Å². The van der Waals surface area contributed by atoms with E-state index < -0.39 is 10.8 Å². The van der Waals surface area contributed by atoms with Gasteiger partial charge in [-0.25, -0.2) is 0 Å². The third kappa shape index (κ3) is 4.51. The maximum Gasteiger partial charge on any atom is 0.0751 e. The Morgan fingerprint density at radius 1 is 1.00 bits per heavy atom. The van der Waals surface area contributed by atoms with E-state index in [2.05, 4.69) is 19.1 Å². The topological polar surface area (TPSA) is 43.1 Å². The highest BCUT2D eigenvalue weighted by atomic mass is 32.2. The highest BCUT2D eigenvalue weighted by molar-refractivity contribution is 7.85. The molecule has 3 atom stereocenters. The van der Waals surface area contributed by atoms with E-state index in [9.17, 15) is 4.21 Å². The molecule has 0 saturated carbocycles. The Hall–Kier alpha value is -1.45. The summed E-state index contributed by atoms with van der Waals surface area (Å²) in [7, 11) is -0.938. The molecule has 0 amide bonds. The lowest BCUT2D eigenvalue weighted by Gasteiger charge is -2.24. The summed E-state index contributed by atoms with van der Waals surface area (Å²) < 4.78 is 12.6. The van der Waals surface area contributed by atoms with Crippen LogP contribution in [-0.2, 0) is 17.2 Å². The van der Waals surface area contributed by atoms with Crippen LogP contribution in [0.3, 0.4) is 0 Å². The minimum atomic E-state index is -0.938. The van der Waals surface area contributed by atoms with Gasteiger partial charge in [-0.1, -0.05) is 67.6 Å². The maximum atomic E-state index is 12.6. The van der Waals surface area contributed by atoms with Crippen molar-refractivity contribution in [3.63, 3.8) is 0 Å². The van der Waals surface area contributed by atoms with Gasteiger partial charge < -0.3 is 5.73 Å². The third-order valence-electron chi connectivity index (χ3n) is 3.52. The van der Waals surface area contributed by atoms with Gasteiger partial charge in [0.1, 0.15) is 0 Å². The van der Waals surface area contributed by atoms with Crippen LogP contribution in [0.25, 0.3) is 0 Å². The first-order valence-corrected chi connectivity index (χ1v) is 8.82. The maximum absolute atomic E-state index is 12.6. The second kappa shape index (κ2) is 8.11. The number of rotatable bonds is 7. The van der Waals surface area contributed by atoms with E-state index in [1.807, 2.05) is 48.5 Å². The summed E-state index contributed by atoms with van der Waals surface area (Å²) in [6.45, 7) is 2.06. The Labute approximate surface area is 129 Å². The first-order valence-electron chi connectivity index (χ1n) is 7.44. The predicted molar refractivity (Wildman–Crippen MR) is 90.6 cm³/mol. The fourth-order valence-electron chi connectivity index (χ4n) is 2.56. The minimum absolute atomic E-state index is 0.105. The highest BCUT2D eigenvalue weighted by Gasteiger charge is 2.25. The summed E-state index contributed by atoms with van der Waals surface area (Å²) in [5, 5.41) is -0.105. The first kappa shape index (κ1) is 15.9. The molecule has 0 aliphatic carbocycles. The number of hydrogen-bond donors (Lipinski definition) is 1. The van der Waals surface area contributed by atoms with Crippen LogP contribution < -0.4 is 5.73 Å². The second-order valence-electron chi connectivity index (χ2n) is 5.27. The van der Waals surface area contributed by atoms with E-state index in [1.165, 1.54) is 5.56 Å². The minimum Gasteiger partial charge on any atom is -0.326 e. The molecule has 2 aromatic rings. The molecule has 2 aromatic carbocycles. The summed E-state index contributed by atoms with van der Waals surface area (Å²) >= 11 is 0. The van der Waals surface area contributed by atoms with Gasteiger partial charge >= 0.3 is 0 Å². The molecule has 0 bridgehead atoms. The van der Waals surface area contributed by atoms with Crippen LogP contribution >= 0.6 is 0 Å². The summed E-state index contributed by atoms with van der Waals surface area (Å²) in [5.41, 5.74) is 8.69. The van der Waals surface area contributed by atoms with Crippen LogP contribution in [0, 0.1) is 0 Å². The Kier molecular flexibility index (Phi) is 6.15. The van der Waals surface area contributed by atoms with E-state index in [1.54, 1.807) is 0 Å². The van der Waals surface area contributed by atoms with Gasteiger partial charge in [-0.15, -0.1) is 0 Å². The molecular weight excluding hydrogens is 278 g/mol. The molecule has 2 rings (SSSR count). The molecule has 0 aliphatic heterocycles. The van der Waals surface area contributed by atoms with Crippen molar-refractivity contribution in [2.45, 2.75) is 31.1 Å². The Balaban J connectivity index is 2.20. The van der Waals surface area contributed by atoms with Crippen molar-refractivity contribution in [3.05, 3.63) is 71.8 Å². The van der Waals surface area contributed by atoms with Crippen LogP contribution in [0.5, 0.6) is 0 Å². The van der Waals surface area contributed by atoms with Gasteiger partial charge in [0.25, 0.3) is 0 Å². The van der Waals surface area contributed by atoms with Crippen LogP contribution in [-0.4, -0.2) is 16.0 Å². The van der Waals surface area contributed by atoms with Crippen molar-refractivity contribution in [2.24, 2.45) is 5.73 Å². The molecular formula is C18H23NOS. The summed E-state index contributed by atoms with van der Waals surface area (Å²) in [6, 6.07) is 20.1. The Morgan fingerprint density at radius 3 is 2.14 bits per heavy atom. The summed E-state index contributed by atoms with van der Waals surface area (Å²) in [4.78, 5) is 0. The Bertz CT molecular complexity index is 556. The largest absolute Gasteiger partial charge is 0.326 e. The molecule has 112 valence electrons. The van der Waals surface area contributed by atoms with Crippen molar-refractivity contribution in [1.82, 2.24) is 0 Å². The van der Waals surface area contributed by atoms with Crippen molar-refractivity contribution in [3.8, 4) is 0 Å². The lowest BCUT2D eigenvalue weighted by atomic mass is 9.99. The average Bonchev–Trinajstić information content (AvgIpc) is 2.50. The highest BCUT2D eigenvalue weighted by Crippen LogP contribution is 2.25. The molecule has 0 saturated heterocycles. The zero-order chi connectivity index (χ0) is 15.1. The summed E-state index contributed by atoms with van der Waals surface area (Å²) in [6.07, 6.45) is 1.66. The fraction of sp³-hybridized carbons (Fsp3) is 0.333. The molecule has 0 heterocycles. The van der Waals surface area contributed by atoms with Crippen molar-refractivity contribution < 1.29 is 4.21 Å². The van der Waals surface area contributed by atoms with Gasteiger partial charge in [-0.05, 0) is 24.0 Å². The van der Waals surface area contributed by atoms with Crippen LogP contribution in [0.1, 0.15) is 29.7 Å². The standard InChI is InChI=1S/C18H23NOS/c1-2-13-21(20)18(16-11-7-4-8-12-16)17(19)14-15-9-5-3-6-10-15/h3-12,17-18H,2,13-14,19H2,1H3. The molecule has 0 aromatic heterocycles. The fourth-order valence-corrected chi connectivity index (χ4v) is 4.16. The van der Waals surface area contributed by atoms with Crippen molar-refractivity contribution in [1.29, 1.82) is 0 Å². The normalized spacial score (nSPS) is 15.3. The molecule has 0 spiro atoms. The number of hydrogen-bond acceptors (Lipinski definition) is 2. The molecule has 0 aliphatic rings. The van der Waals surface area contributed by atoms with Gasteiger partial charge in [0.05, 0.1) is 5.25 Å². The van der Waals surface area contributed by atoms with Gasteiger partial charge in [0, 0.05) is 22.6 Å². The van der Waals surface area contributed by atoms with E-state index in [0.717, 1.165) is 18.4 Å². The van der Waals surface area contributed by atoms with E-state index in [-0.39, 0.29) is 11.3 Å². The molecule has 2 N–H and O–H groups in total. The quantitative estimate of drug-likeness (QED) is 0.851. The molecule has 21 heavy (non-hydrogen) atoms. The smallest absolute Gasteiger partial charge is 0.0751 e. The zero-order valence-corrected chi connectivity index (χ0v) is 13.3. The van der Waals surface area contributed by atoms with Crippen molar-refractivity contribution in [2.75, 3.05) is 5.75 Å². The monoisotopic (exact) mass is 301 g/mol. The number of nitrogens with two attached hydrogens (primary N) is 1.